The van der Waals surface area contributed by atoms with E-state index in [-0.39, 0.29) is 17.0 Å². The maximum Gasteiger partial charge on any atom is 0.318 e. The van der Waals surface area contributed by atoms with E-state index in [1.807, 2.05) is 45.1 Å². The van der Waals surface area contributed by atoms with Crippen LogP contribution in [0, 0.1) is 46.2 Å². The monoisotopic (exact) mass is 629 g/mol. The zero-order valence-corrected chi connectivity index (χ0v) is 29.2. The standard InChI is InChI=1S/C23H37N.C15H13FN2O2.C2H6/c1-5-9-19(3)10-7-12-21(6-2)13-8-11-20(4)23-16-14-22(18-24)15-17-23;1-9-2-4-10(5-3-9)15(19)20-11-6-13(16)12(8-17)14(18)7-11;1-2/h14-17,19-21H,5-13H2,1-4H3;2-4,6-7,10H,5,18H2,1H3;1-2H3. The smallest absolute Gasteiger partial charge is 0.318 e. The van der Waals surface area contributed by atoms with Crippen LogP contribution < -0.4 is 10.5 Å². The molecule has 0 saturated heterocycles. The molecule has 0 spiro atoms. The van der Waals surface area contributed by atoms with Gasteiger partial charge in [-0.05, 0) is 55.2 Å². The van der Waals surface area contributed by atoms with Crippen LogP contribution in [0.5, 0.6) is 5.75 Å². The van der Waals surface area contributed by atoms with Gasteiger partial charge in [-0.25, -0.2) is 4.39 Å². The van der Waals surface area contributed by atoms with E-state index in [0.29, 0.717) is 12.3 Å². The normalized spacial score (nSPS) is 15.3. The number of nitriles is 2. The summed E-state index contributed by atoms with van der Waals surface area (Å²) in [4.78, 5) is 11.9. The Bertz CT molecular complexity index is 1310. The van der Waals surface area contributed by atoms with E-state index in [9.17, 15) is 9.18 Å². The lowest BCUT2D eigenvalue weighted by Gasteiger charge is -2.18. The molecule has 0 bridgehead atoms. The van der Waals surface area contributed by atoms with Crippen molar-refractivity contribution in [3.8, 4) is 17.9 Å². The molecule has 2 N–H and O–H groups in total. The van der Waals surface area contributed by atoms with Crippen molar-refractivity contribution >= 4 is 11.7 Å². The number of carbonyl (C=O) groups excluding carboxylic acids is 1. The highest BCUT2D eigenvalue weighted by atomic mass is 19.1. The molecule has 1 aliphatic carbocycles. The Labute approximate surface area is 278 Å². The summed E-state index contributed by atoms with van der Waals surface area (Å²) in [5.41, 5.74) is 8.44. The molecule has 6 heteroatoms. The summed E-state index contributed by atoms with van der Waals surface area (Å²) in [5.74, 6) is 0.747. The van der Waals surface area contributed by atoms with Gasteiger partial charge in [0.1, 0.15) is 23.2 Å². The van der Waals surface area contributed by atoms with Crippen LogP contribution in [0.2, 0.25) is 0 Å². The van der Waals surface area contributed by atoms with Crippen LogP contribution in [0.15, 0.2) is 60.2 Å². The molecule has 4 atom stereocenters. The summed E-state index contributed by atoms with van der Waals surface area (Å²) in [5, 5.41) is 17.6. The van der Waals surface area contributed by atoms with Gasteiger partial charge in [0, 0.05) is 12.1 Å². The molecule has 0 aromatic heterocycles. The Morgan fingerprint density at radius 3 is 2.17 bits per heavy atom. The molecule has 0 amide bonds. The van der Waals surface area contributed by atoms with Crippen LogP contribution >= 0.6 is 0 Å². The molecule has 250 valence electrons. The number of ether oxygens (including phenoxy) is 1. The van der Waals surface area contributed by atoms with E-state index in [4.69, 9.17) is 21.0 Å². The summed E-state index contributed by atoms with van der Waals surface area (Å²) in [6, 6.07) is 14.2. The number of esters is 1. The van der Waals surface area contributed by atoms with Gasteiger partial charge < -0.3 is 10.5 Å². The van der Waals surface area contributed by atoms with Gasteiger partial charge in [0.05, 0.1) is 23.2 Å². The fourth-order valence-corrected chi connectivity index (χ4v) is 5.58. The molecule has 3 rings (SSSR count). The molecule has 0 radical (unpaired) electrons. The van der Waals surface area contributed by atoms with Crippen molar-refractivity contribution in [3.63, 3.8) is 0 Å². The molecule has 0 heterocycles. The third kappa shape index (κ3) is 14.5. The molecule has 46 heavy (non-hydrogen) atoms. The zero-order valence-electron chi connectivity index (χ0n) is 29.2. The molecule has 2 aromatic rings. The Morgan fingerprint density at radius 2 is 1.65 bits per heavy atom. The number of nitrogens with two attached hydrogens (primary N) is 1. The SMILES string of the molecule is CC.CC1=CCC(C(=O)Oc2cc(N)c(C#N)c(F)c2)C=C1.CCCC(C)CCCC(CC)CCCC(C)c1ccc(C#N)cc1. The second-order valence-corrected chi connectivity index (χ2v) is 12.2. The topological polar surface area (TPSA) is 99.9 Å². The predicted molar refractivity (Wildman–Crippen MR) is 189 cm³/mol. The zero-order chi connectivity index (χ0) is 34.5. The highest BCUT2D eigenvalue weighted by molar-refractivity contribution is 5.78. The van der Waals surface area contributed by atoms with E-state index < -0.39 is 17.7 Å². The van der Waals surface area contributed by atoms with Crippen LogP contribution in [0.1, 0.15) is 135 Å². The number of benzene rings is 2. The Hall–Kier alpha value is -3.90. The summed E-state index contributed by atoms with van der Waals surface area (Å²) in [6.07, 6.45) is 18.3. The van der Waals surface area contributed by atoms with Crippen molar-refractivity contribution < 1.29 is 13.9 Å². The van der Waals surface area contributed by atoms with E-state index in [2.05, 4.69) is 45.9 Å². The van der Waals surface area contributed by atoms with Crippen molar-refractivity contribution in [3.05, 3.63) is 82.7 Å². The van der Waals surface area contributed by atoms with Crippen LogP contribution in [0.25, 0.3) is 0 Å². The molecule has 4 unspecified atom stereocenters. The van der Waals surface area contributed by atoms with Crippen LogP contribution in [0.3, 0.4) is 0 Å². The summed E-state index contributed by atoms with van der Waals surface area (Å²) in [6.45, 7) is 15.3. The molecule has 0 saturated carbocycles. The van der Waals surface area contributed by atoms with Crippen molar-refractivity contribution in [2.45, 2.75) is 119 Å². The number of anilines is 1. The molecular weight excluding hydrogens is 573 g/mol. The van der Waals surface area contributed by atoms with Crippen molar-refractivity contribution in [2.24, 2.45) is 17.8 Å². The highest BCUT2D eigenvalue weighted by Gasteiger charge is 2.20. The largest absolute Gasteiger partial charge is 0.426 e. The first kappa shape index (κ1) is 40.1. The van der Waals surface area contributed by atoms with Gasteiger partial charge >= 0.3 is 5.97 Å². The summed E-state index contributed by atoms with van der Waals surface area (Å²) in [7, 11) is 0. The number of allylic oxidation sites excluding steroid dienone is 3. The average molecular weight is 630 g/mol. The Morgan fingerprint density at radius 1 is 1.00 bits per heavy atom. The second-order valence-electron chi connectivity index (χ2n) is 12.2. The lowest BCUT2D eigenvalue weighted by molar-refractivity contribution is -0.137. The molecule has 0 fully saturated rings. The van der Waals surface area contributed by atoms with E-state index in [1.165, 1.54) is 69.4 Å². The fraction of sp³-hybridized carbons (Fsp3) is 0.525. The second kappa shape index (κ2) is 22.6. The predicted octanol–water partition coefficient (Wildman–Crippen LogP) is 11.2. The quantitative estimate of drug-likeness (QED) is 0.127. The minimum absolute atomic E-state index is 0.00340. The molecule has 0 aliphatic heterocycles. The number of hydrogen-bond donors (Lipinski definition) is 1. The number of hydrogen-bond acceptors (Lipinski definition) is 5. The maximum atomic E-state index is 13.5. The van der Waals surface area contributed by atoms with Crippen molar-refractivity contribution in [1.29, 1.82) is 10.5 Å². The van der Waals surface area contributed by atoms with E-state index in [1.54, 1.807) is 12.1 Å². The van der Waals surface area contributed by atoms with Crippen LogP contribution in [0.4, 0.5) is 10.1 Å². The first-order valence-electron chi connectivity index (χ1n) is 17.2. The minimum atomic E-state index is -0.801. The number of halogens is 1. The average Bonchev–Trinajstić information content (AvgIpc) is 3.05. The number of carbonyl (C=O) groups is 1. The first-order chi connectivity index (χ1) is 22.1. The summed E-state index contributed by atoms with van der Waals surface area (Å²) >= 11 is 0. The highest BCUT2D eigenvalue weighted by Crippen LogP contribution is 2.27. The van der Waals surface area contributed by atoms with Crippen LogP contribution in [-0.4, -0.2) is 5.97 Å². The van der Waals surface area contributed by atoms with E-state index in [0.717, 1.165) is 29.0 Å². The molecular formula is C40H56FN3O2. The minimum Gasteiger partial charge on any atom is -0.426 e. The Balaban J connectivity index is 0.000000442. The summed E-state index contributed by atoms with van der Waals surface area (Å²) < 4.78 is 18.6. The van der Waals surface area contributed by atoms with E-state index >= 15 is 0 Å². The van der Waals surface area contributed by atoms with Gasteiger partial charge in [-0.2, -0.15) is 10.5 Å². The third-order valence-corrected chi connectivity index (χ3v) is 8.54. The van der Waals surface area contributed by atoms with Crippen molar-refractivity contribution in [1.82, 2.24) is 0 Å². The molecule has 2 aromatic carbocycles. The Kier molecular flexibility index (Phi) is 19.7. The van der Waals surface area contributed by atoms with Gasteiger partial charge in [0.2, 0.25) is 0 Å². The maximum absolute atomic E-state index is 13.5. The third-order valence-electron chi connectivity index (χ3n) is 8.54. The van der Waals surface area contributed by atoms with Gasteiger partial charge in [-0.1, -0.05) is 129 Å². The first-order valence-corrected chi connectivity index (χ1v) is 17.2. The fourth-order valence-electron chi connectivity index (χ4n) is 5.58. The molecule has 5 nitrogen and oxygen atoms in total. The molecule has 1 aliphatic rings. The van der Waals surface area contributed by atoms with Crippen LogP contribution in [-0.2, 0) is 4.79 Å². The number of rotatable bonds is 14. The van der Waals surface area contributed by atoms with Crippen molar-refractivity contribution in [2.75, 3.05) is 5.73 Å². The van der Waals surface area contributed by atoms with Gasteiger partial charge in [0.25, 0.3) is 0 Å². The lowest BCUT2D eigenvalue weighted by atomic mass is 9.88. The number of nitrogens with zero attached hydrogens (tertiary/aromatic N) is 2. The lowest BCUT2D eigenvalue weighted by Crippen LogP contribution is -2.19. The number of nitrogen functional groups attached to an aromatic ring is 1. The van der Waals surface area contributed by atoms with Gasteiger partial charge in [-0.15, -0.1) is 0 Å². The van der Waals surface area contributed by atoms with Gasteiger partial charge in [0.15, 0.2) is 0 Å². The van der Waals surface area contributed by atoms with Gasteiger partial charge in [-0.3, -0.25) is 4.79 Å².